The molecule has 0 aliphatic rings. The Hall–Kier alpha value is -2.38. The van der Waals surface area contributed by atoms with Crippen molar-refractivity contribution in [3.63, 3.8) is 0 Å². The van der Waals surface area contributed by atoms with Gasteiger partial charge in [-0.3, -0.25) is 9.59 Å². The predicted molar refractivity (Wildman–Crippen MR) is 122 cm³/mol. The molecule has 1 aromatic carbocycles. The van der Waals surface area contributed by atoms with Crippen molar-refractivity contribution in [3.05, 3.63) is 51.4 Å². The molecule has 0 spiro atoms. The average Bonchev–Trinajstić information content (AvgIpc) is 2.94. The molecule has 7 heteroatoms. The number of thiophene rings is 1. The SMILES string of the molecule is CCC(Sc1cc(C)c2cccc(C)c2n1)C(=O)Nc1sc(C)c(C)c1C(N)=O. The van der Waals surface area contributed by atoms with Crippen molar-refractivity contribution in [1.29, 1.82) is 0 Å². The minimum atomic E-state index is -0.523. The van der Waals surface area contributed by atoms with Crippen molar-refractivity contribution in [2.45, 2.75) is 51.3 Å². The summed E-state index contributed by atoms with van der Waals surface area (Å²) in [5.74, 6) is -0.671. The number of carbonyl (C=O) groups is 2. The summed E-state index contributed by atoms with van der Waals surface area (Å²) in [6, 6.07) is 8.16. The van der Waals surface area contributed by atoms with Crippen LogP contribution in [-0.4, -0.2) is 22.0 Å². The number of rotatable bonds is 6. The second kappa shape index (κ2) is 8.55. The standard InChI is InChI=1S/C22H25N3O2S2/c1-6-16(21(27)25-22-18(20(23)26)13(4)14(5)28-22)29-17-10-12(3)15-9-7-8-11(2)19(15)24-17/h7-10,16H,6H2,1-5H3,(H2,23,26)(H,25,27). The third-order valence-corrected chi connectivity index (χ3v) is 7.42. The van der Waals surface area contributed by atoms with E-state index >= 15 is 0 Å². The summed E-state index contributed by atoms with van der Waals surface area (Å²) in [7, 11) is 0. The van der Waals surface area contributed by atoms with Gasteiger partial charge in [0.1, 0.15) is 5.00 Å². The van der Waals surface area contributed by atoms with Crippen LogP contribution in [-0.2, 0) is 4.79 Å². The van der Waals surface area contributed by atoms with Gasteiger partial charge >= 0.3 is 0 Å². The Morgan fingerprint density at radius 1 is 1.21 bits per heavy atom. The number of hydrogen-bond acceptors (Lipinski definition) is 5. The number of carbonyl (C=O) groups excluding carboxylic acids is 2. The highest BCUT2D eigenvalue weighted by Gasteiger charge is 2.24. The Bertz CT molecular complexity index is 1110. The van der Waals surface area contributed by atoms with Gasteiger partial charge in [0.15, 0.2) is 0 Å². The second-order valence-electron chi connectivity index (χ2n) is 7.10. The Kier molecular flexibility index (Phi) is 6.29. The number of aromatic nitrogens is 1. The largest absolute Gasteiger partial charge is 0.365 e. The summed E-state index contributed by atoms with van der Waals surface area (Å²) < 4.78 is 0. The van der Waals surface area contributed by atoms with Gasteiger partial charge in [-0.05, 0) is 56.9 Å². The molecule has 3 aromatic rings. The first-order chi connectivity index (χ1) is 13.7. The molecule has 1 atom stereocenters. The van der Waals surface area contributed by atoms with Crippen LogP contribution in [0.1, 0.15) is 45.3 Å². The summed E-state index contributed by atoms with van der Waals surface area (Å²) in [5.41, 5.74) is 9.95. The number of nitrogens with zero attached hydrogens (tertiary/aromatic N) is 1. The van der Waals surface area contributed by atoms with Crippen molar-refractivity contribution in [2.24, 2.45) is 5.73 Å². The molecule has 5 nitrogen and oxygen atoms in total. The molecule has 0 aliphatic heterocycles. The van der Waals surface area contributed by atoms with Gasteiger partial charge in [0.25, 0.3) is 5.91 Å². The number of amides is 2. The summed E-state index contributed by atoms with van der Waals surface area (Å²) in [6.45, 7) is 9.83. The lowest BCUT2D eigenvalue weighted by molar-refractivity contribution is -0.115. The molecule has 2 amide bonds. The fourth-order valence-corrected chi connectivity index (χ4v) is 5.35. The Balaban J connectivity index is 1.87. The molecule has 0 radical (unpaired) electrons. The topological polar surface area (TPSA) is 85.1 Å². The van der Waals surface area contributed by atoms with Crippen molar-refractivity contribution < 1.29 is 9.59 Å². The quantitative estimate of drug-likeness (QED) is 0.534. The number of para-hydroxylation sites is 1. The van der Waals surface area contributed by atoms with E-state index in [0.717, 1.165) is 37.5 Å². The van der Waals surface area contributed by atoms with Crippen molar-refractivity contribution >= 4 is 50.8 Å². The molecule has 0 saturated carbocycles. The zero-order chi connectivity index (χ0) is 21.3. The molecular weight excluding hydrogens is 402 g/mol. The third kappa shape index (κ3) is 4.31. The maximum Gasteiger partial charge on any atom is 0.251 e. The minimum absolute atomic E-state index is 0.148. The van der Waals surface area contributed by atoms with E-state index < -0.39 is 5.91 Å². The first-order valence-electron chi connectivity index (χ1n) is 9.47. The van der Waals surface area contributed by atoms with Crippen LogP contribution in [0, 0.1) is 27.7 Å². The van der Waals surface area contributed by atoms with Crippen LogP contribution >= 0.6 is 23.1 Å². The normalized spacial score (nSPS) is 12.2. The summed E-state index contributed by atoms with van der Waals surface area (Å²) in [6.07, 6.45) is 0.637. The molecule has 152 valence electrons. The van der Waals surface area contributed by atoms with E-state index in [9.17, 15) is 9.59 Å². The number of benzene rings is 1. The molecule has 2 heterocycles. The zero-order valence-corrected chi connectivity index (χ0v) is 18.9. The Morgan fingerprint density at radius 2 is 1.93 bits per heavy atom. The lowest BCUT2D eigenvalue weighted by atomic mass is 10.1. The molecule has 0 fully saturated rings. The van der Waals surface area contributed by atoms with Gasteiger partial charge < -0.3 is 11.1 Å². The Morgan fingerprint density at radius 3 is 2.59 bits per heavy atom. The molecule has 3 rings (SSSR count). The molecule has 3 N–H and O–H groups in total. The van der Waals surface area contributed by atoms with Gasteiger partial charge in [-0.15, -0.1) is 11.3 Å². The number of nitrogens with two attached hydrogens (primary N) is 1. The van der Waals surface area contributed by atoms with Crippen LogP contribution < -0.4 is 11.1 Å². The highest BCUT2D eigenvalue weighted by molar-refractivity contribution is 8.00. The van der Waals surface area contributed by atoms with Crippen LogP contribution in [0.3, 0.4) is 0 Å². The lowest BCUT2D eigenvalue weighted by Gasteiger charge is -2.15. The van der Waals surface area contributed by atoms with Crippen LogP contribution in [0.4, 0.5) is 5.00 Å². The van der Waals surface area contributed by atoms with Crippen LogP contribution in [0.2, 0.25) is 0 Å². The van der Waals surface area contributed by atoms with Gasteiger partial charge in [-0.25, -0.2) is 4.98 Å². The van der Waals surface area contributed by atoms with E-state index in [1.807, 2.05) is 45.9 Å². The van der Waals surface area contributed by atoms with E-state index in [1.54, 1.807) is 0 Å². The Labute approximate surface area is 179 Å². The van der Waals surface area contributed by atoms with Crippen LogP contribution in [0.5, 0.6) is 0 Å². The van der Waals surface area contributed by atoms with E-state index in [4.69, 9.17) is 10.7 Å². The predicted octanol–water partition coefficient (Wildman–Crippen LogP) is 5.14. The average molecular weight is 428 g/mol. The first kappa shape index (κ1) is 21.3. The fraction of sp³-hybridized carbons (Fsp3) is 0.318. The van der Waals surface area contributed by atoms with Crippen molar-refractivity contribution in [2.75, 3.05) is 5.32 Å². The number of anilines is 1. The molecule has 29 heavy (non-hydrogen) atoms. The second-order valence-corrected chi connectivity index (χ2v) is 9.55. The van der Waals surface area contributed by atoms with Gasteiger partial charge in [0.05, 0.1) is 21.4 Å². The van der Waals surface area contributed by atoms with Crippen molar-refractivity contribution in [3.8, 4) is 0 Å². The monoisotopic (exact) mass is 427 g/mol. The number of nitrogens with one attached hydrogen (secondary N) is 1. The fourth-order valence-electron chi connectivity index (χ4n) is 3.26. The number of fused-ring (bicyclic) bond motifs is 1. The van der Waals surface area contributed by atoms with Crippen molar-refractivity contribution in [1.82, 2.24) is 4.98 Å². The maximum atomic E-state index is 13.0. The highest BCUT2D eigenvalue weighted by atomic mass is 32.2. The first-order valence-corrected chi connectivity index (χ1v) is 11.2. The van der Waals surface area contributed by atoms with Gasteiger partial charge in [0.2, 0.25) is 5.91 Å². The van der Waals surface area contributed by atoms with Gasteiger partial charge in [0, 0.05) is 10.3 Å². The summed E-state index contributed by atoms with van der Waals surface area (Å²) in [4.78, 5) is 30.5. The van der Waals surface area contributed by atoms with Gasteiger partial charge in [-0.1, -0.05) is 36.9 Å². The number of aryl methyl sites for hydroxylation is 3. The molecular formula is C22H25N3O2S2. The van der Waals surface area contributed by atoms with E-state index in [-0.39, 0.29) is 11.2 Å². The lowest BCUT2D eigenvalue weighted by Crippen LogP contribution is -2.25. The number of primary amides is 1. The summed E-state index contributed by atoms with van der Waals surface area (Å²) >= 11 is 2.82. The van der Waals surface area contributed by atoms with Crippen LogP contribution in [0.15, 0.2) is 29.3 Å². The summed E-state index contributed by atoms with van der Waals surface area (Å²) in [5, 5.41) is 5.06. The molecule has 1 unspecified atom stereocenters. The number of thioether (sulfide) groups is 1. The molecule has 0 aliphatic carbocycles. The smallest absolute Gasteiger partial charge is 0.251 e. The van der Waals surface area contributed by atoms with E-state index in [2.05, 4.69) is 18.3 Å². The highest BCUT2D eigenvalue weighted by Crippen LogP contribution is 2.34. The molecule has 0 saturated heterocycles. The van der Waals surface area contributed by atoms with Crippen LogP contribution in [0.25, 0.3) is 10.9 Å². The van der Waals surface area contributed by atoms with E-state index in [0.29, 0.717) is 17.0 Å². The zero-order valence-electron chi connectivity index (χ0n) is 17.3. The van der Waals surface area contributed by atoms with E-state index in [1.165, 1.54) is 23.1 Å². The minimum Gasteiger partial charge on any atom is -0.365 e. The number of hydrogen-bond donors (Lipinski definition) is 2. The number of pyridine rings is 1. The molecule has 0 bridgehead atoms. The maximum absolute atomic E-state index is 13.0. The van der Waals surface area contributed by atoms with Gasteiger partial charge in [-0.2, -0.15) is 0 Å². The third-order valence-electron chi connectivity index (χ3n) is 5.02. The molecule has 2 aromatic heterocycles.